The lowest BCUT2D eigenvalue weighted by Gasteiger charge is -2.06. The summed E-state index contributed by atoms with van der Waals surface area (Å²) in [5.41, 5.74) is 6.67. The summed E-state index contributed by atoms with van der Waals surface area (Å²) in [4.78, 5) is 12.1. The Kier molecular flexibility index (Phi) is 4.45. The van der Waals surface area contributed by atoms with Crippen LogP contribution in [0.25, 0.3) is 17.2 Å². The molecule has 0 amide bonds. The Labute approximate surface area is 159 Å². The minimum Gasteiger partial charge on any atom is -0.325 e. The fourth-order valence-corrected chi connectivity index (χ4v) is 3.84. The average Bonchev–Trinajstić information content (AvgIpc) is 3.01. The molecule has 0 aliphatic heterocycles. The number of thioether (sulfide) groups is 1. The van der Waals surface area contributed by atoms with Gasteiger partial charge in [-0.1, -0.05) is 5.16 Å². The molecule has 0 radical (unpaired) electrons. The summed E-state index contributed by atoms with van der Waals surface area (Å²) in [6, 6.07) is 4.12. The average molecular weight is 442 g/mol. The SMILES string of the molecule is NC1(CCSc2nonc2-c2noc(=O)n2-c2ccc(F)c(Br)c2)CC1. The Morgan fingerprint density at radius 2 is 2.15 bits per heavy atom. The first-order valence-corrected chi connectivity index (χ1v) is 9.53. The molecule has 1 aliphatic carbocycles. The van der Waals surface area contributed by atoms with Crippen molar-refractivity contribution in [3.63, 3.8) is 0 Å². The van der Waals surface area contributed by atoms with Crippen molar-refractivity contribution in [1.29, 1.82) is 0 Å². The van der Waals surface area contributed by atoms with Crippen LogP contribution in [-0.2, 0) is 0 Å². The molecular weight excluding hydrogens is 429 g/mol. The topological polar surface area (TPSA) is 113 Å². The smallest absolute Gasteiger partial charge is 0.325 e. The zero-order valence-corrected chi connectivity index (χ0v) is 15.7. The predicted octanol–water partition coefficient (Wildman–Crippen LogP) is 2.75. The van der Waals surface area contributed by atoms with Crippen LogP contribution >= 0.6 is 27.7 Å². The summed E-state index contributed by atoms with van der Waals surface area (Å²) in [5, 5.41) is 12.0. The van der Waals surface area contributed by atoms with Crippen LogP contribution in [0.1, 0.15) is 19.3 Å². The normalized spacial score (nSPS) is 15.3. The van der Waals surface area contributed by atoms with Crippen molar-refractivity contribution in [3.05, 3.63) is 39.0 Å². The molecule has 0 bridgehead atoms. The molecule has 1 aromatic carbocycles. The lowest BCUT2D eigenvalue weighted by molar-refractivity contribution is 0.299. The highest BCUT2D eigenvalue weighted by Gasteiger charge is 2.37. The van der Waals surface area contributed by atoms with E-state index in [2.05, 4.69) is 31.4 Å². The number of hydrogen-bond acceptors (Lipinski definition) is 8. The van der Waals surface area contributed by atoms with Gasteiger partial charge in [-0.2, -0.15) is 0 Å². The van der Waals surface area contributed by atoms with Crippen LogP contribution in [-0.4, -0.2) is 31.3 Å². The molecule has 0 spiro atoms. The van der Waals surface area contributed by atoms with Gasteiger partial charge in [0.05, 0.1) is 10.2 Å². The number of nitrogens with two attached hydrogens (primary N) is 1. The van der Waals surface area contributed by atoms with Crippen molar-refractivity contribution < 1.29 is 13.5 Å². The van der Waals surface area contributed by atoms with Gasteiger partial charge in [0.25, 0.3) is 0 Å². The van der Waals surface area contributed by atoms with Crippen LogP contribution in [0.15, 0.2) is 41.6 Å². The molecule has 0 atom stereocenters. The largest absolute Gasteiger partial charge is 0.446 e. The van der Waals surface area contributed by atoms with E-state index in [0.717, 1.165) is 25.0 Å². The molecular formula is C15H13BrFN5O3S. The van der Waals surface area contributed by atoms with E-state index in [-0.39, 0.29) is 21.5 Å². The molecule has 1 saturated carbocycles. The first-order valence-electron chi connectivity index (χ1n) is 7.76. The van der Waals surface area contributed by atoms with E-state index in [1.54, 1.807) is 0 Å². The van der Waals surface area contributed by atoms with Gasteiger partial charge < -0.3 is 5.73 Å². The summed E-state index contributed by atoms with van der Waals surface area (Å²) >= 11 is 4.52. The van der Waals surface area contributed by atoms with Gasteiger partial charge in [0.1, 0.15) is 5.82 Å². The summed E-state index contributed by atoms with van der Waals surface area (Å²) in [6.45, 7) is 0. The number of rotatable bonds is 6. The molecule has 0 saturated heterocycles. The van der Waals surface area contributed by atoms with Crippen molar-refractivity contribution in [2.24, 2.45) is 5.73 Å². The molecule has 4 rings (SSSR count). The van der Waals surface area contributed by atoms with Crippen LogP contribution < -0.4 is 11.5 Å². The van der Waals surface area contributed by atoms with E-state index in [4.69, 9.17) is 14.9 Å². The fraction of sp³-hybridized carbons (Fsp3) is 0.333. The van der Waals surface area contributed by atoms with Gasteiger partial charge >= 0.3 is 5.76 Å². The number of aromatic nitrogens is 4. The quantitative estimate of drug-likeness (QED) is 0.580. The highest BCUT2D eigenvalue weighted by Crippen LogP contribution is 2.38. The highest BCUT2D eigenvalue weighted by molar-refractivity contribution is 9.10. The molecule has 0 unspecified atom stereocenters. The molecule has 1 aliphatic rings. The maximum atomic E-state index is 13.5. The standard InChI is InChI=1S/C15H13BrFN5O3S/c16-9-7-8(1-2-10(9)17)22-12(20-24-14(22)23)11-13(21-25-19-11)26-6-5-15(18)3-4-15/h1-2,7H,3-6,18H2. The molecule has 2 heterocycles. The minimum atomic E-state index is -0.726. The number of hydrogen-bond donors (Lipinski definition) is 1. The van der Waals surface area contributed by atoms with E-state index in [1.807, 2.05) is 0 Å². The van der Waals surface area contributed by atoms with Gasteiger partial charge in [-0.05, 0) is 63.7 Å². The summed E-state index contributed by atoms with van der Waals surface area (Å²) in [5.74, 6) is -0.306. The molecule has 1 fully saturated rings. The Balaban J connectivity index is 1.66. The van der Waals surface area contributed by atoms with Gasteiger partial charge in [-0.25, -0.2) is 18.4 Å². The highest BCUT2D eigenvalue weighted by atomic mass is 79.9. The van der Waals surface area contributed by atoms with Crippen molar-refractivity contribution in [1.82, 2.24) is 20.0 Å². The molecule has 11 heteroatoms. The lowest BCUT2D eigenvalue weighted by atomic mass is 10.2. The molecule has 26 heavy (non-hydrogen) atoms. The molecule has 2 aromatic heterocycles. The molecule has 136 valence electrons. The first kappa shape index (κ1) is 17.4. The maximum absolute atomic E-state index is 13.5. The van der Waals surface area contributed by atoms with Crippen molar-refractivity contribution >= 4 is 27.7 Å². The van der Waals surface area contributed by atoms with Gasteiger partial charge in [0.15, 0.2) is 10.7 Å². The minimum absolute atomic E-state index is 0.0687. The monoisotopic (exact) mass is 441 g/mol. The van der Waals surface area contributed by atoms with Crippen molar-refractivity contribution in [3.8, 4) is 17.2 Å². The lowest BCUT2D eigenvalue weighted by Crippen LogP contribution is -2.22. The summed E-state index contributed by atoms with van der Waals surface area (Å²) < 4.78 is 24.5. The molecule has 3 aromatic rings. The Bertz CT molecular complexity index is 1010. The number of halogens is 2. The van der Waals surface area contributed by atoms with Gasteiger partial charge in [0, 0.05) is 11.3 Å². The van der Waals surface area contributed by atoms with E-state index >= 15 is 0 Å². The van der Waals surface area contributed by atoms with E-state index in [1.165, 1.54) is 34.5 Å². The van der Waals surface area contributed by atoms with Crippen molar-refractivity contribution in [2.45, 2.75) is 29.8 Å². The fourth-order valence-electron chi connectivity index (χ4n) is 2.42. The van der Waals surface area contributed by atoms with Crippen molar-refractivity contribution in [2.75, 3.05) is 5.75 Å². The zero-order chi connectivity index (χ0) is 18.3. The third kappa shape index (κ3) is 3.33. The second-order valence-electron chi connectivity index (χ2n) is 6.08. The van der Waals surface area contributed by atoms with Crippen LogP contribution in [0.5, 0.6) is 0 Å². The van der Waals surface area contributed by atoms with E-state index in [9.17, 15) is 9.18 Å². The molecule has 8 nitrogen and oxygen atoms in total. The Morgan fingerprint density at radius 3 is 2.88 bits per heavy atom. The summed E-state index contributed by atoms with van der Waals surface area (Å²) in [6.07, 6.45) is 2.90. The Morgan fingerprint density at radius 1 is 1.35 bits per heavy atom. The number of nitrogens with zero attached hydrogens (tertiary/aromatic N) is 4. The van der Waals surface area contributed by atoms with E-state index in [0.29, 0.717) is 10.7 Å². The zero-order valence-electron chi connectivity index (χ0n) is 13.3. The van der Waals surface area contributed by atoms with Crippen LogP contribution in [0.2, 0.25) is 0 Å². The third-order valence-corrected chi connectivity index (χ3v) is 5.72. The van der Waals surface area contributed by atoms with Crippen LogP contribution in [0.4, 0.5) is 4.39 Å². The Hall–Kier alpha value is -1.98. The van der Waals surface area contributed by atoms with Gasteiger partial charge in [-0.15, -0.1) is 11.8 Å². The van der Waals surface area contributed by atoms with Crippen LogP contribution in [0.3, 0.4) is 0 Å². The maximum Gasteiger partial charge on any atom is 0.446 e. The second-order valence-corrected chi connectivity index (χ2v) is 8.02. The first-order chi connectivity index (χ1) is 12.5. The van der Waals surface area contributed by atoms with Gasteiger partial charge in [0.2, 0.25) is 5.82 Å². The van der Waals surface area contributed by atoms with E-state index < -0.39 is 11.6 Å². The van der Waals surface area contributed by atoms with Crippen LogP contribution in [0, 0.1) is 5.82 Å². The summed E-state index contributed by atoms with van der Waals surface area (Å²) in [7, 11) is 0. The number of benzene rings is 1. The van der Waals surface area contributed by atoms with Gasteiger partial charge in [-0.3, -0.25) is 4.52 Å². The second kappa shape index (κ2) is 6.63. The predicted molar refractivity (Wildman–Crippen MR) is 94.5 cm³/mol. The third-order valence-electron chi connectivity index (χ3n) is 4.17. The molecule has 2 N–H and O–H groups in total.